The first kappa shape index (κ1) is 14.8. The quantitative estimate of drug-likeness (QED) is 0.391. The summed E-state index contributed by atoms with van der Waals surface area (Å²) in [6, 6.07) is 5.01. The van der Waals surface area contributed by atoms with E-state index >= 15 is 0 Å². The van der Waals surface area contributed by atoms with Crippen LogP contribution in [0.5, 0.6) is 0 Å². The van der Waals surface area contributed by atoms with Crippen LogP contribution >= 0.6 is 0 Å². The summed E-state index contributed by atoms with van der Waals surface area (Å²) < 4.78 is 51.2. The topological polar surface area (TPSA) is 91.6 Å². The molecule has 1 aromatic carbocycles. The van der Waals surface area contributed by atoms with E-state index in [1.54, 1.807) is 6.07 Å². The lowest BCUT2D eigenvalue weighted by Crippen LogP contribution is -2.15. The van der Waals surface area contributed by atoms with E-state index in [9.17, 15) is 17.2 Å². The molecule has 9 heteroatoms. The molecule has 1 N–H and O–H groups in total. The molecule has 1 aromatic rings. The molecule has 0 fully saturated rings. The van der Waals surface area contributed by atoms with Crippen molar-refractivity contribution in [3.8, 4) is 6.07 Å². The summed E-state index contributed by atoms with van der Waals surface area (Å²) in [6.45, 7) is -1.24. The molecule has 0 aliphatic heterocycles. The Labute approximate surface area is 108 Å². The smallest absolute Gasteiger partial charge is 0.307 e. The Hall–Kier alpha value is -2.21. The molecule has 1 rings (SSSR count). The van der Waals surface area contributed by atoms with E-state index in [-0.39, 0.29) is 11.3 Å². The number of benzene rings is 1. The number of nitriles is 1. The van der Waals surface area contributed by atoms with Gasteiger partial charge in [-0.2, -0.15) is 13.7 Å². The third-order valence-electron chi connectivity index (χ3n) is 1.76. The fourth-order valence-electron chi connectivity index (χ4n) is 1.05. The van der Waals surface area contributed by atoms with E-state index < -0.39 is 28.5 Å². The van der Waals surface area contributed by atoms with Crippen LogP contribution < -0.4 is 5.43 Å². The van der Waals surface area contributed by atoms with Crippen LogP contribution in [-0.4, -0.2) is 27.2 Å². The number of hydrogen-bond donors (Lipinski definition) is 1. The zero-order chi connectivity index (χ0) is 14.5. The van der Waals surface area contributed by atoms with E-state index in [0.717, 1.165) is 18.4 Å². The van der Waals surface area contributed by atoms with Crippen molar-refractivity contribution < 1.29 is 21.4 Å². The minimum Gasteiger partial charge on any atom is -0.362 e. The summed E-state index contributed by atoms with van der Waals surface area (Å²) in [6.07, 6.45) is 0.740. The first-order valence-corrected chi connectivity index (χ1v) is 6.65. The molecular formula is C10H9F2N3O3S. The summed E-state index contributed by atoms with van der Waals surface area (Å²) in [4.78, 5) is 0. The molecule has 0 amide bonds. The van der Waals surface area contributed by atoms with Gasteiger partial charge in [0.25, 0.3) is 5.90 Å². The molecule has 19 heavy (non-hydrogen) atoms. The van der Waals surface area contributed by atoms with Gasteiger partial charge >= 0.3 is 10.1 Å². The molecule has 0 unspecified atom stereocenters. The van der Waals surface area contributed by atoms with Gasteiger partial charge in [-0.25, -0.2) is 8.78 Å². The van der Waals surface area contributed by atoms with Gasteiger partial charge in [-0.1, -0.05) is 0 Å². The van der Waals surface area contributed by atoms with Crippen LogP contribution in [0.25, 0.3) is 0 Å². The van der Waals surface area contributed by atoms with Gasteiger partial charge in [0.15, 0.2) is 6.67 Å². The standard InChI is InChI=1S/C10H9F2N3O3S/c1-19(16,17)18-10(5-11)15-14-8-2-3-9(12)7(4-8)6-13/h2-4,14H,5H2,1H3. The highest BCUT2D eigenvalue weighted by Crippen LogP contribution is 2.13. The van der Waals surface area contributed by atoms with Gasteiger partial charge in [-0.15, -0.1) is 5.10 Å². The van der Waals surface area contributed by atoms with Crippen molar-refractivity contribution >= 4 is 21.7 Å². The maximum Gasteiger partial charge on any atom is 0.307 e. The van der Waals surface area contributed by atoms with Crippen LogP contribution in [0.1, 0.15) is 5.56 Å². The van der Waals surface area contributed by atoms with E-state index in [4.69, 9.17) is 5.26 Å². The van der Waals surface area contributed by atoms with Crippen molar-refractivity contribution in [1.29, 1.82) is 5.26 Å². The molecular weight excluding hydrogens is 280 g/mol. The van der Waals surface area contributed by atoms with Gasteiger partial charge < -0.3 is 4.18 Å². The Bertz CT molecular complexity index is 638. The van der Waals surface area contributed by atoms with Crippen molar-refractivity contribution in [3.05, 3.63) is 29.6 Å². The average Bonchev–Trinajstić information content (AvgIpc) is 2.34. The van der Waals surface area contributed by atoms with Crippen LogP contribution in [0.2, 0.25) is 0 Å². The third kappa shape index (κ3) is 4.89. The molecule has 0 spiro atoms. The average molecular weight is 289 g/mol. The van der Waals surface area contributed by atoms with Crippen molar-refractivity contribution in [1.82, 2.24) is 0 Å². The molecule has 0 aromatic heterocycles. The number of hydrazone groups is 1. The lowest BCUT2D eigenvalue weighted by molar-refractivity contribution is 0.453. The molecule has 0 radical (unpaired) electrons. The predicted octanol–water partition coefficient (Wildman–Crippen LogP) is 1.37. The van der Waals surface area contributed by atoms with Crippen LogP contribution in [0.4, 0.5) is 14.5 Å². The highest BCUT2D eigenvalue weighted by molar-refractivity contribution is 7.86. The highest BCUT2D eigenvalue weighted by atomic mass is 32.2. The monoisotopic (exact) mass is 289 g/mol. The maximum absolute atomic E-state index is 13.0. The van der Waals surface area contributed by atoms with Crippen molar-refractivity contribution in [3.63, 3.8) is 0 Å². The van der Waals surface area contributed by atoms with E-state index in [2.05, 4.69) is 14.7 Å². The summed E-state index contributed by atoms with van der Waals surface area (Å²) in [5.41, 5.74) is 2.21. The highest BCUT2D eigenvalue weighted by Gasteiger charge is 2.09. The fraction of sp³-hybridized carbons (Fsp3) is 0.200. The molecule has 0 heterocycles. The van der Waals surface area contributed by atoms with Gasteiger partial charge in [0.1, 0.15) is 11.9 Å². The minimum absolute atomic E-state index is 0.181. The largest absolute Gasteiger partial charge is 0.362 e. The van der Waals surface area contributed by atoms with Crippen molar-refractivity contribution in [2.45, 2.75) is 0 Å². The summed E-state index contributed by atoms with van der Waals surface area (Å²) in [7, 11) is -3.88. The number of alkyl halides is 1. The number of anilines is 1. The van der Waals surface area contributed by atoms with Crippen LogP contribution in [-0.2, 0) is 14.3 Å². The molecule has 6 nitrogen and oxygen atoms in total. The fourth-order valence-corrected chi connectivity index (χ4v) is 1.48. The van der Waals surface area contributed by atoms with Gasteiger partial charge in [-0.3, -0.25) is 5.43 Å². The van der Waals surface area contributed by atoms with Gasteiger partial charge in [0, 0.05) is 0 Å². The zero-order valence-corrected chi connectivity index (χ0v) is 10.5. The molecule has 0 aliphatic rings. The van der Waals surface area contributed by atoms with Gasteiger partial charge in [-0.05, 0) is 18.2 Å². The van der Waals surface area contributed by atoms with Crippen LogP contribution in [0, 0.1) is 17.1 Å². The van der Waals surface area contributed by atoms with E-state index in [0.29, 0.717) is 0 Å². The van der Waals surface area contributed by atoms with E-state index in [1.165, 1.54) is 6.07 Å². The number of rotatable bonds is 4. The Morgan fingerprint density at radius 3 is 2.79 bits per heavy atom. The third-order valence-corrected chi connectivity index (χ3v) is 2.25. The Morgan fingerprint density at radius 2 is 2.26 bits per heavy atom. The number of halogens is 2. The molecule has 0 atom stereocenters. The van der Waals surface area contributed by atoms with Crippen LogP contribution in [0.3, 0.4) is 0 Å². The van der Waals surface area contributed by atoms with Gasteiger partial charge in [0.05, 0.1) is 17.5 Å². The summed E-state index contributed by atoms with van der Waals surface area (Å²) in [5, 5.41) is 12.0. The molecule has 0 saturated heterocycles. The van der Waals surface area contributed by atoms with E-state index in [1.807, 2.05) is 0 Å². The lowest BCUT2D eigenvalue weighted by atomic mass is 10.2. The first-order valence-electron chi connectivity index (χ1n) is 4.83. The first-order chi connectivity index (χ1) is 8.85. The molecule has 0 aliphatic carbocycles. The lowest BCUT2D eigenvalue weighted by Gasteiger charge is -2.05. The van der Waals surface area contributed by atoms with Gasteiger partial charge in [0.2, 0.25) is 0 Å². The minimum atomic E-state index is -3.88. The predicted molar refractivity (Wildman–Crippen MR) is 64.1 cm³/mol. The number of hydrogen-bond acceptors (Lipinski definition) is 6. The molecule has 0 saturated carbocycles. The second-order valence-electron chi connectivity index (χ2n) is 3.34. The number of nitrogens with zero attached hydrogens (tertiary/aromatic N) is 2. The number of nitrogens with one attached hydrogen (secondary N) is 1. The SMILES string of the molecule is CS(=O)(=O)OC(CF)=NNc1ccc(F)c(C#N)c1. The normalized spacial score (nSPS) is 11.8. The second-order valence-corrected chi connectivity index (χ2v) is 4.92. The zero-order valence-electron chi connectivity index (χ0n) is 9.72. The van der Waals surface area contributed by atoms with Crippen LogP contribution in [0.15, 0.2) is 23.3 Å². The second kappa shape index (κ2) is 6.10. The van der Waals surface area contributed by atoms with Crippen molar-refractivity contribution in [2.75, 3.05) is 18.4 Å². The Morgan fingerprint density at radius 1 is 1.58 bits per heavy atom. The molecule has 102 valence electrons. The molecule has 0 bridgehead atoms. The Kier molecular flexibility index (Phi) is 4.77. The Balaban J connectivity index is 2.88. The maximum atomic E-state index is 13.0. The summed E-state index contributed by atoms with van der Waals surface area (Å²) in [5.74, 6) is -1.42. The van der Waals surface area contributed by atoms with Crippen molar-refractivity contribution in [2.24, 2.45) is 5.10 Å². The summed E-state index contributed by atoms with van der Waals surface area (Å²) >= 11 is 0.